The first-order valence-corrected chi connectivity index (χ1v) is 9.09. The Morgan fingerprint density at radius 2 is 2.04 bits per heavy atom. The number of aromatic nitrogens is 1. The van der Waals surface area contributed by atoms with Crippen molar-refractivity contribution < 1.29 is 4.79 Å². The molecule has 0 aromatic carbocycles. The molecule has 1 saturated heterocycles. The van der Waals surface area contributed by atoms with Crippen LogP contribution in [0.4, 0.5) is 5.82 Å². The first kappa shape index (κ1) is 16.3. The second-order valence-corrected chi connectivity index (χ2v) is 7.23. The molecule has 23 heavy (non-hydrogen) atoms. The molecule has 0 unspecified atom stereocenters. The summed E-state index contributed by atoms with van der Waals surface area (Å²) in [6.07, 6.45) is 9.03. The summed E-state index contributed by atoms with van der Waals surface area (Å²) in [5.41, 5.74) is 1.14. The molecule has 1 atom stereocenters. The lowest BCUT2D eigenvalue weighted by molar-refractivity contribution is -0.142. The number of anilines is 1. The summed E-state index contributed by atoms with van der Waals surface area (Å²) in [5, 5.41) is 0. The van der Waals surface area contributed by atoms with Gasteiger partial charge in [0.05, 0.1) is 0 Å². The highest BCUT2D eigenvalue weighted by Gasteiger charge is 2.34. The lowest BCUT2D eigenvalue weighted by Crippen LogP contribution is -2.48. The molecule has 2 aliphatic rings. The number of piperidine rings is 1. The number of hydrogen-bond donors (Lipinski definition) is 0. The molecule has 126 valence electrons. The number of aryl methyl sites for hydroxylation is 1. The Labute approximate surface area is 139 Å². The molecule has 1 aromatic heterocycles. The van der Waals surface area contributed by atoms with Gasteiger partial charge in [0.15, 0.2) is 0 Å². The quantitative estimate of drug-likeness (QED) is 0.837. The van der Waals surface area contributed by atoms with Crippen LogP contribution in [0.2, 0.25) is 0 Å². The molecular formula is C19H29N3O. The maximum atomic E-state index is 12.6. The maximum absolute atomic E-state index is 12.6. The molecule has 1 saturated carbocycles. The standard InChI is InChI=1S/C19H29N3O/c1-21(2)18-11-6-9-16(20-18)12-13-17-10-3-4-14-22(17)19(23)15-7-5-8-15/h6,9,11,15,17H,3-5,7-8,10,12-14H2,1-2H3/t17-/m0/s1. The lowest BCUT2D eigenvalue weighted by atomic mass is 9.83. The summed E-state index contributed by atoms with van der Waals surface area (Å²) in [5.74, 6) is 1.76. The smallest absolute Gasteiger partial charge is 0.225 e. The SMILES string of the molecule is CN(C)c1cccc(CC[C@@H]2CCCCN2C(=O)C2CCC2)n1. The van der Waals surface area contributed by atoms with Gasteiger partial charge in [-0.3, -0.25) is 4.79 Å². The molecule has 1 aliphatic carbocycles. The van der Waals surface area contributed by atoms with Gasteiger partial charge < -0.3 is 9.80 Å². The number of pyridine rings is 1. The number of likely N-dealkylation sites (tertiary alicyclic amines) is 1. The van der Waals surface area contributed by atoms with Crippen molar-refractivity contribution >= 4 is 11.7 Å². The van der Waals surface area contributed by atoms with Crippen LogP contribution >= 0.6 is 0 Å². The van der Waals surface area contributed by atoms with Crippen LogP contribution in [0.5, 0.6) is 0 Å². The van der Waals surface area contributed by atoms with Gasteiger partial charge in [-0.15, -0.1) is 0 Å². The van der Waals surface area contributed by atoms with Gasteiger partial charge in [0.2, 0.25) is 5.91 Å². The predicted octanol–water partition coefficient (Wildman–Crippen LogP) is 3.26. The highest BCUT2D eigenvalue weighted by molar-refractivity contribution is 5.80. The van der Waals surface area contributed by atoms with Gasteiger partial charge in [0.1, 0.15) is 5.82 Å². The van der Waals surface area contributed by atoms with E-state index in [-0.39, 0.29) is 0 Å². The first-order valence-electron chi connectivity index (χ1n) is 9.09. The number of hydrogen-bond acceptors (Lipinski definition) is 3. The molecule has 2 fully saturated rings. The molecule has 2 heterocycles. The molecule has 4 nitrogen and oxygen atoms in total. The van der Waals surface area contributed by atoms with Crippen LogP contribution in [-0.2, 0) is 11.2 Å². The van der Waals surface area contributed by atoms with Crippen LogP contribution in [-0.4, -0.2) is 42.5 Å². The van der Waals surface area contributed by atoms with Crippen LogP contribution in [0.3, 0.4) is 0 Å². The zero-order valence-electron chi connectivity index (χ0n) is 14.5. The fourth-order valence-corrected chi connectivity index (χ4v) is 3.65. The highest BCUT2D eigenvalue weighted by atomic mass is 16.2. The zero-order valence-corrected chi connectivity index (χ0v) is 14.5. The van der Waals surface area contributed by atoms with Crippen molar-refractivity contribution in [1.82, 2.24) is 9.88 Å². The fraction of sp³-hybridized carbons (Fsp3) is 0.684. The molecule has 0 bridgehead atoms. The van der Waals surface area contributed by atoms with Gasteiger partial charge in [-0.1, -0.05) is 12.5 Å². The molecule has 0 N–H and O–H groups in total. The average Bonchev–Trinajstić information content (AvgIpc) is 2.51. The van der Waals surface area contributed by atoms with E-state index in [9.17, 15) is 4.79 Å². The number of amides is 1. The van der Waals surface area contributed by atoms with E-state index in [1.54, 1.807) is 0 Å². The van der Waals surface area contributed by atoms with Crippen LogP contribution in [0.15, 0.2) is 18.2 Å². The third kappa shape index (κ3) is 3.85. The van der Waals surface area contributed by atoms with E-state index >= 15 is 0 Å². The van der Waals surface area contributed by atoms with Gasteiger partial charge in [-0.2, -0.15) is 0 Å². The van der Waals surface area contributed by atoms with E-state index in [1.165, 1.54) is 19.3 Å². The summed E-state index contributed by atoms with van der Waals surface area (Å²) in [4.78, 5) is 21.6. The Bertz CT molecular complexity index is 539. The number of carbonyl (C=O) groups excluding carboxylic acids is 1. The Morgan fingerprint density at radius 1 is 1.22 bits per heavy atom. The largest absolute Gasteiger partial charge is 0.363 e. The van der Waals surface area contributed by atoms with E-state index in [0.29, 0.717) is 17.9 Å². The van der Waals surface area contributed by atoms with E-state index in [1.807, 2.05) is 25.1 Å². The minimum Gasteiger partial charge on any atom is -0.363 e. The normalized spacial score (nSPS) is 21.8. The third-order valence-corrected chi connectivity index (χ3v) is 5.35. The Hall–Kier alpha value is -1.58. The number of carbonyl (C=O) groups is 1. The van der Waals surface area contributed by atoms with Gasteiger partial charge in [-0.25, -0.2) is 4.98 Å². The van der Waals surface area contributed by atoms with Crippen molar-refractivity contribution in [3.05, 3.63) is 23.9 Å². The number of rotatable bonds is 5. The van der Waals surface area contributed by atoms with Crippen molar-refractivity contribution in [2.75, 3.05) is 25.5 Å². The molecule has 1 aromatic rings. The fourth-order valence-electron chi connectivity index (χ4n) is 3.65. The van der Waals surface area contributed by atoms with E-state index in [2.05, 4.69) is 17.0 Å². The number of nitrogens with zero attached hydrogens (tertiary/aromatic N) is 3. The minimum atomic E-state index is 0.325. The van der Waals surface area contributed by atoms with Crippen LogP contribution < -0.4 is 4.90 Å². The van der Waals surface area contributed by atoms with Crippen molar-refractivity contribution in [2.45, 2.75) is 57.4 Å². The second-order valence-electron chi connectivity index (χ2n) is 7.23. The van der Waals surface area contributed by atoms with Gasteiger partial charge >= 0.3 is 0 Å². The molecule has 0 spiro atoms. The summed E-state index contributed by atoms with van der Waals surface area (Å²) < 4.78 is 0. The average molecular weight is 315 g/mol. The lowest BCUT2D eigenvalue weighted by Gasteiger charge is -2.40. The van der Waals surface area contributed by atoms with Gasteiger partial charge in [0, 0.05) is 38.3 Å². The molecule has 1 amide bonds. The van der Waals surface area contributed by atoms with E-state index < -0.39 is 0 Å². The van der Waals surface area contributed by atoms with Gasteiger partial charge in [0.25, 0.3) is 0 Å². The summed E-state index contributed by atoms with van der Waals surface area (Å²) in [6, 6.07) is 6.64. The molecule has 3 rings (SSSR count). The third-order valence-electron chi connectivity index (χ3n) is 5.35. The van der Waals surface area contributed by atoms with Crippen molar-refractivity contribution in [1.29, 1.82) is 0 Å². The Morgan fingerprint density at radius 3 is 2.74 bits per heavy atom. The molecule has 0 radical (unpaired) electrons. The van der Waals surface area contributed by atoms with Crippen LogP contribution in [0, 0.1) is 5.92 Å². The Balaban J connectivity index is 1.60. The predicted molar refractivity (Wildman–Crippen MR) is 93.6 cm³/mol. The Kier molecular flexibility index (Phi) is 5.19. The van der Waals surface area contributed by atoms with Gasteiger partial charge in [-0.05, 0) is 57.1 Å². The molecule has 4 heteroatoms. The van der Waals surface area contributed by atoms with Crippen molar-refractivity contribution in [2.24, 2.45) is 5.92 Å². The molecule has 1 aliphatic heterocycles. The van der Waals surface area contributed by atoms with E-state index in [4.69, 9.17) is 4.98 Å². The van der Waals surface area contributed by atoms with E-state index in [0.717, 1.165) is 50.2 Å². The summed E-state index contributed by atoms with van der Waals surface area (Å²) in [6.45, 7) is 0.963. The zero-order chi connectivity index (χ0) is 16.2. The first-order chi connectivity index (χ1) is 11.1. The minimum absolute atomic E-state index is 0.325. The molecular weight excluding hydrogens is 286 g/mol. The van der Waals surface area contributed by atoms with Crippen molar-refractivity contribution in [3.63, 3.8) is 0 Å². The summed E-state index contributed by atoms with van der Waals surface area (Å²) in [7, 11) is 4.04. The van der Waals surface area contributed by atoms with Crippen molar-refractivity contribution in [3.8, 4) is 0 Å². The topological polar surface area (TPSA) is 36.4 Å². The summed E-state index contributed by atoms with van der Waals surface area (Å²) >= 11 is 0. The van der Waals surface area contributed by atoms with Crippen LogP contribution in [0.25, 0.3) is 0 Å². The maximum Gasteiger partial charge on any atom is 0.225 e. The van der Waals surface area contributed by atoms with Crippen LogP contribution in [0.1, 0.15) is 50.6 Å². The second kappa shape index (κ2) is 7.33. The monoisotopic (exact) mass is 315 g/mol. The highest BCUT2D eigenvalue weighted by Crippen LogP contribution is 2.31.